The number of allylic oxidation sites excluding steroid dienone is 1. The Balaban J connectivity index is 0.000000132. The molecule has 1 atom stereocenters. The predicted molar refractivity (Wildman–Crippen MR) is 58.2 cm³/mol. The van der Waals surface area contributed by atoms with Crippen LogP contribution >= 0.6 is 0 Å². The van der Waals surface area contributed by atoms with Crippen molar-refractivity contribution in [3.63, 3.8) is 0 Å². The van der Waals surface area contributed by atoms with E-state index in [1.807, 2.05) is 6.20 Å². The molecule has 1 saturated heterocycles. The molecule has 2 heterocycles. The van der Waals surface area contributed by atoms with E-state index in [4.69, 9.17) is 12.6 Å². The van der Waals surface area contributed by atoms with E-state index in [-0.39, 0.29) is 5.37 Å². The maximum absolute atomic E-state index is 4.93. The van der Waals surface area contributed by atoms with Gasteiger partial charge in [0.2, 0.25) is 0 Å². The normalized spacial score (nSPS) is 27.0. The first-order chi connectivity index (χ1) is 6.39. The molecular formula is C10H20N2S. The van der Waals surface area contributed by atoms with E-state index in [0.717, 1.165) is 12.8 Å². The van der Waals surface area contributed by atoms with E-state index in [9.17, 15) is 0 Å². The Labute approximate surface area is 86.6 Å². The third-order valence-corrected chi connectivity index (χ3v) is 2.68. The molecule has 0 saturated carbocycles. The Morgan fingerprint density at radius 3 is 2.23 bits per heavy atom. The first-order valence-electron chi connectivity index (χ1n) is 5.28. The Bertz CT molecular complexity index is 132. The standard InChI is InChI=1S/C5H9NS.C5H11N/c7-5-3-1-2-4-6-5;1-2-4-6-5-3-1/h2,4-7H,1,3H2;6H,1-5H2. The number of nitrogens with one attached hydrogen (secondary N) is 1. The molecule has 3 heteroatoms. The Morgan fingerprint density at radius 2 is 2.00 bits per heavy atom. The van der Waals surface area contributed by atoms with E-state index < -0.39 is 0 Å². The minimum absolute atomic E-state index is 0.282. The fraction of sp³-hybridized carbons (Fsp3) is 0.800. The summed E-state index contributed by atoms with van der Waals surface area (Å²) < 4.78 is 0. The summed E-state index contributed by atoms with van der Waals surface area (Å²) in [6, 6.07) is 0. The second-order valence-electron chi connectivity index (χ2n) is 3.56. The van der Waals surface area contributed by atoms with Gasteiger partial charge in [0.1, 0.15) is 0 Å². The third kappa shape index (κ3) is 5.99. The Kier molecular flexibility index (Phi) is 6.11. The summed E-state index contributed by atoms with van der Waals surface area (Å²) in [5.41, 5.74) is 0. The fourth-order valence-corrected chi connectivity index (χ4v) is 1.70. The van der Waals surface area contributed by atoms with Crippen molar-refractivity contribution in [2.24, 2.45) is 0 Å². The zero-order valence-electron chi connectivity index (χ0n) is 8.17. The molecule has 2 aliphatic heterocycles. The van der Waals surface area contributed by atoms with Crippen molar-refractivity contribution in [3.05, 3.63) is 12.3 Å². The van der Waals surface area contributed by atoms with Gasteiger partial charge < -0.3 is 23.3 Å². The van der Waals surface area contributed by atoms with Crippen molar-refractivity contribution in [3.8, 4) is 0 Å². The minimum atomic E-state index is 0.282. The van der Waals surface area contributed by atoms with Crippen molar-refractivity contribution in [2.45, 2.75) is 37.5 Å². The monoisotopic (exact) mass is 200 g/mol. The number of hydrogen-bond donors (Lipinski definition) is 2. The Morgan fingerprint density at radius 1 is 1.23 bits per heavy atom. The summed E-state index contributed by atoms with van der Waals surface area (Å²) in [6.45, 7) is 2.75. The summed E-state index contributed by atoms with van der Waals surface area (Å²) >= 11 is 4.93. The van der Waals surface area contributed by atoms with Crippen molar-refractivity contribution < 1.29 is 5.32 Å². The van der Waals surface area contributed by atoms with Crippen LogP contribution in [0.5, 0.6) is 0 Å². The maximum Gasteiger partial charge on any atom is 0.0755 e. The largest absolute Gasteiger partial charge is 0.768 e. The van der Waals surface area contributed by atoms with Gasteiger partial charge in [-0.05, 0) is 31.9 Å². The summed E-state index contributed by atoms with van der Waals surface area (Å²) in [6.07, 6.45) is 10.6. The van der Waals surface area contributed by atoms with Gasteiger partial charge in [-0.15, -0.1) is 0 Å². The molecule has 0 aliphatic carbocycles. The van der Waals surface area contributed by atoms with Crippen LogP contribution in [0.1, 0.15) is 32.1 Å². The summed E-state index contributed by atoms with van der Waals surface area (Å²) in [5.74, 6) is 0. The lowest BCUT2D eigenvalue weighted by molar-refractivity contribution is -0.662. The molecule has 0 aromatic carbocycles. The topological polar surface area (TPSA) is 28.6 Å². The number of hydrogen-bond acceptors (Lipinski definition) is 2. The van der Waals surface area contributed by atoms with Gasteiger partial charge in [0.25, 0.3) is 0 Å². The molecule has 2 nitrogen and oxygen atoms in total. The molecule has 2 rings (SSSR count). The van der Waals surface area contributed by atoms with Crippen LogP contribution in [-0.2, 0) is 12.6 Å². The highest BCUT2D eigenvalue weighted by atomic mass is 32.1. The average Bonchev–Trinajstić information content (AvgIpc) is 2.22. The van der Waals surface area contributed by atoms with Gasteiger partial charge in [0.05, 0.1) is 13.1 Å². The van der Waals surface area contributed by atoms with Crippen molar-refractivity contribution in [1.29, 1.82) is 0 Å². The number of piperidine rings is 1. The van der Waals surface area contributed by atoms with Crippen LogP contribution in [0.25, 0.3) is 0 Å². The molecule has 2 aliphatic rings. The van der Waals surface area contributed by atoms with Crippen LogP contribution in [0, 0.1) is 0 Å². The van der Waals surface area contributed by atoms with Gasteiger partial charge in [-0.2, -0.15) is 0 Å². The zero-order chi connectivity index (χ0) is 9.36. The predicted octanol–water partition coefficient (Wildman–Crippen LogP) is 0.490. The first-order valence-corrected chi connectivity index (χ1v) is 5.75. The van der Waals surface area contributed by atoms with Gasteiger partial charge in [0, 0.05) is 0 Å². The van der Waals surface area contributed by atoms with Crippen LogP contribution in [0.2, 0.25) is 0 Å². The molecule has 0 aromatic heterocycles. The lowest BCUT2D eigenvalue weighted by Crippen LogP contribution is -2.85. The molecule has 0 bridgehead atoms. The summed E-state index contributed by atoms with van der Waals surface area (Å²) in [7, 11) is 0. The Hall–Kier alpha value is -0.150. The molecule has 0 spiro atoms. The van der Waals surface area contributed by atoms with Gasteiger partial charge >= 0.3 is 0 Å². The van der Waals surface area contributed by atoms with Crippen LogP contribution in [0.4, 0.5) is 0 Å². The number of rotatable bonds is 0. The van der Waals surface area contributed by atoms with Gasteiger partial charge in [0.15, 0.2) is 0 Å². The maximum atomic E-state index is 4.93. The lowest BCUT2D eigenvalue weighted by Gasteiger charge is -2.25. The van der Waals surface area contributed by atoms with Crippen molar-refractivity contribution in [1.82, 2.24) is 5.32 Å². The van der Waals surface area contributed by atoms with E-state index in [1.165, 1.54) is 32.4 Å². The van der Waals surface area contributed by atoms with Crippen LogP contribution in [0.3, 0.4) is 0 Å². The van der Waals surface area contributed by atoms with Crippen molar-refractivity contribution in [2.75, 3.05) is 13.1 Å². The lowest BCUT2D eigenvalue weighted by atomic mass is 10.2. The molecule has 0 aromatic rings. The molecule has 0 radical (unpaired) electrons. The minimum Gasteiger partial charge on any atom is -0.768 e. The van der Waals surface area contributed by atoms with Gasteiger partial charge in [-0.3, -0.25) is 0 Å². The molecular weight excluding hydrogens is 180 g/mol. The highest BCUT2D eigenvalue weighted by molar-refractivity contribution is 7.59. The van der Waals surface area contributed by atoms with Crippen molar-refractivity contribution >= 4 is 12.6 Å². The average molecular weight is 200 g/mol. The molecule has 1 fully saturated rings. The highest BCUT2D eigenvalue weighted by Gasteiger charge is 1.97. The number of nitrogens with two attached hydrogens (primary N) is 1. The van der Waals surface area contributed by atoms with E-state index >= 15 is 0 Å². The smallest absolute Gasteiger partial charge is 0.0755 e. The molecule has 13 heavy (non-hydrogen) atoms. The zero-order valence-corrected chi connectivity index (χ0v) is 8.98. The second-order valence-corrected chi connectivity index (χ2v) is 4.13. The second kappa shape index (κ2) is 7.27. The molecule has 0 amide bonds. The highest BCUT2D eigenvalue weighted by Crippen LogP contribution is 2.00. The van der Waals surface area contributed by atoms with E-state index in [0.29, 0.717) is 0 Å². The molecule has 76 valence electrons. The molecule has 1 unspecified atom stereocenters. The summed E-state index contributed by atoms with van der Waals surface area (Å²) in [5, 5.41) is 5.69. The molecule has 3 N–H and O–H groups in total. The first kappa shape index (κ1) is 10.9. The summed E-state index contributed by atoms with van der Waals surface area (Å²) in [4.78, 5) is 0. The van der Waals surface area contributed by atoms with E-state index in [1.54, 1.807) is 0 Å². The quantitative estimate of drug-likeness (QED) is 0.557. The van der Waals surface area contributed by atoms with Crippen LogP contribution < -0.4 is 10.6 Å². The fourth-order valence-electron chi connectivity index (χ4n) is 1.49. The third-order valence-electron chi connectivity index (χ3n) is 2.31. The number of quaternary nitrogens is 1. The van der Waals surface area contributed by atoms with Gasteiger partial charge in [-0.25, -0.2) is 0 Å². The van der Waals surface area contributed by atoms with Gasteiger partial charge in [-0.1, -0.05) is 17.9 Å². The van der Waals surface area contributed by atoms with E-state index in [2.05, 4.69) is 16.7 Å². The SMILES string of the molecule is C1CC[NH2+]CC1.[S-]C1CCC=CN1. The van der Waals surface area contributed by atoms with Crippen LogP contribution in [0.15, 0.2) is 12.3 Å². The van der Waals surface area contributed by atoms with Crippen LogP contribution in [-0.4, -0.2) is 18.5 Å².